The second-order valence-corrected chi connectivity index (χ2v) is 9.23. The van der Waals surface area contributed by atoms with Gasteiger partial charge < -0.3 is 14.8 Å². The molecular formula is C23H31NO4. The van der Waals surface area contributed by atoms with Crippen molar-refractivity contribution >= 4 is 11.9 Å². The van der Waals surface area contributed by atoms with Crippen LogP contribution in [0.1, 0.15) is 57.4 Å². The molecule has 1 amide bonds. The predicted molar refractivity (Wildman–Crippen MR) is 106 cm³/mol. The molecule has 5 heteroatoms. The zero-order valence-electron chi connectivity index (χ0n) is 16.9. The Balaban J connectivity index is 1.22. The van der Waals surface area contributed by atoms with E-state index in [9.17, 15) is 9.59 Å². The van der Waals surface area contributed by atoms with Crippen molar-refractivity contribution in [2.75, 3.05) is 6.61 Å². The summed E-state index contributed by atoms with van der Waals surface area (Å²) in [7, 11) is 0. The van der Waals surface area contributed by atoms with E-state index in [0.29, 0.717) is 0 Å². The molecule has 4 aliphatic rings. The van der Waals surface area contributed by atoms with E-state index in [4.69, 9.17) is 9.47 Å². The quantitative estimate of drug-likeness (QED) is 0.726. The van der Waals surface area contributed by atoms with E-state index in [1.807, 2.05) is 31.2 Å². The molecule has 4 bridgehead atoms. The van der Waals surface area contributed by atoms with E-state index < -0.39 is 12.1 Å². The molecule has 4 fully saturated rings. The van der Waals surface area contributed by atoms with Crippen LogP contribution in [0.15, 0.2) is 24.3 Å². The lowest BCUT2D eigenvalue weighted by atomic mass is 9.53. The summed E-state index contributed by atoms with van der Waals surface area (Å²) >= 11 is 0. The lowest BCUT2D eigenvalue weighted by Crippen LogP contribution is -2.61. The number of carbonyl (C=O) groups is 2. The monoisotopic (exact) mass is 385 g/mol. The first kappa shape index (κ1) is 19.3. The van der Waals surface area contributed by atoms with Crippen LogP contribution >= 0.6 is 0 Å². The summed E-state index contributed by atoms with van der Waals surface area (Å²) in [6.07, 6.45) is 6.64. The largest absolute Gasteiger partial charge is 0.493 e. The molecule has 28 heavy (non-hydrogen) atoms. The minimum absolute atomic E-state index is 0.0548. The molecule has 4 aliphatic carbocycles. The molecule has 0 spiro atoms. The fourth-order valence-electron chi connectivity index (χ4n) is 5.89. The number of nitrogens with one attached hydrogen (secondary N) is 1. The third-order valence-electron chi connectivity index (χ3n) is 6.67. The number of amides is 1. The fourth-order valence-corrected chi connectivity index (χ4v) is 5.89. The zero-order valence-corrected chi connectivity index (χ0v) is 16.9. The molecule has 152 valence electrons. The van der Waals surface area contributed by atoms with Crippen LogP contribution in [0.3, 0.4) is 0 Å². The van der Waals surface area contributed by atoms with Gasteiger partial charge in [0.05, 0.1) is 13.0 Å². The number of hydrogen-bond donors (Lipinski definition) is 1. The van der Waals surface area contributed by atoms with E-state index in [-0.39, 0.29) is 24.5 Å². The molecule has 5 rings (SSSR count). The third kappa shape index (κ3) is 4.34. The van der Waals surface area contributed by atoms with Gasteiger partial charge in [0.2, 0.25) is 0 Å². The van der Waals surface area contributed by atoms with Gasteiger partial charge in [-0.1, -0.05) is 12.1 Å². The van der Waals surface area contributed by atoms with Gasteiger partial charge in [-0.3, -0.25) is 9.59 Å². The van der Waals surface area contributed by atoms with Gasteiger partial charge in [0.25, 0.3) is 5.91 Å². The Morgan fingerprint density at radius 3 is 2.39 bits per heavy atom. The van der Waals surface area contributed by atoms with E-state index in [1.54, 1.807) is 6.92 Å². The molecular weight excluding hydrogens is 354 g/mol. The van der Waals surface area contributed by atoms with Crippen LogP contribution in [-0.2, 0) is 14.3 Å². The normalized spacial score (nSPS) is 31.3. The SMILES string of the molecule is Cc1cccc(OCCC(=O)O[C@@H](C)C(=O)NC23CC4CC(CC(C4)C2)C3)c1. The van der Waals surface area contributed by atoms with Gasteiger partial charge in [0.15, 0.2) is 6.10 Å². The van der Waals surface area contributed by atoms with E-state index in [0.717, 1.165) is 48.3 Å². The first-order chi connectivity index (χ1) is 13.4. The number of aryl methyl sites for hydroxylation is 1. The van der Waals surface area contributed by atoms with Crippen molar-refractivity contribution in [2.24, 2.45) is 17.8 Å². The number of rotatable bonds is 7. The van der Waals surface area contributed by atoms with Crippen LogP contribution in [0.2, 0.25) is 0 Å². The predicted octanol–water partition coefficient (Wildman–Crippen LogP) is 3.78. The van der Waals surface area contributed by atoms with E-state index in [2.05, 4.69) is 5.32 Å². The van der Waals surface area contributed by atoms with Gasteiger partial charge in [0.1, 0.15) is 5.75 Å². The minimum Gasteiger partial charge on any atom is -0.493 e. The third-order valence-corrected chi connectivity index (χ3v) is 6.67. The maximum absolute atomic E-state index is 12.7. The lowest BCUT2D eigenvalue weighted by Gasteiger charge is -2.57. The maximum atomic E-state index is 12.7. The van der Waals surface area contributed by atoms with Gasteiger partial charge in [-0.2, -0.15) is 0 Å². The first-order valence-corrected chi connectivity index (χ1v) is 10.6. The fraction of sp³-hybridized carbons (Fsp3) is 0.652. The lowest BCUT2D eigenvalue weighted by molar-refractivity contribution is -0.157. The highest BCUT2D eigenvalue weighted by atomic mass is 16.5. The van der Waals surface area contributed by atoms with Crippen LogP contribution in [0.5, 0.6) is 5.75 Å². The summed E-state index contributed by atoms with van der Waals surface area (Å²) in [5, 5.41) is 3.27. The molecule has 0 aliphatic heterocycles. The second-order valence-electron chi connectivity index (χ2n) is 9.23. The van der Waals surface area contributed by atoms with Crippen molar-refractivity contribution < 1.29 is 19.1 Å². The Morgan fingerprint density at radius 2 is 1.79 bits per heavy atom. The number of hydrogen-bond acceptors (Lipinski definition) is 4. The average Bonchev–Trinajstić information content (AvgIpc) is 2.60. The van der Waals surface area contributed by atoms with Crippen molar-refractivity contribution in [3.05, 3.63) is 29.8 Å². The number of carbonyl (C=O) groups excluding carboxylic acids is 2. The van der Waals surface area contributed by atoms with Gasteiger partial charge in [-0.15, -0.1) is 0 Å². The van der Waals surface area contributed by atoms with Gasteiger partial charge in [0, 0.05) is 5.54 Å². The van der Waals surface area contributed by atoms with Crippen molar-refractivity contribution in [1.82, 2.24) is 5.32 Å². The highest BCUT2D eigenvalue weighted by Gasteiger charge is 2.51. The second kappa shape index (κ2) is 7.76. The molecule has 1 aromatic rings. The van der Waals surface area contributed by atoms with E-state index in [1.165, 1.54) is 19.3 Å². The van der Waals surface area contributed by atoms with Gasteiger partial charge in [-0.25, -0.2) is 0 Å². The Labute approximate surface area is 167 Å². The highest BCUT2D eigenvalue weighted by Crippen LogP contribution is 2.55. The zero-order chi connectivity index (χ0) is 19.7. The standard InChI is InChI=1S/C23H31NO4/c1-15-4-3-5-20(8-15)27-7-6-21(25)28-16(2)22(26)24-23-12-17-9-18(13-23)11-19(10-17)14-23/h3-5,8,16-19H,6-7,9-14H2,1-2H3,(H,24,26)/t16-,17?,18?,19?,23?/m0/s1. The Bertz CT molecular complexity index is 709. The Morgan fingerprint density at radius 1 is 1.14 bits per heavy atom. The van der Waals surface area contributed by atoms with E-state index >= 15 is 0 Å². The summed E-state index contributed by atoms with van der Waals surface area (Å²) in [4.78, 5) is 24.8. The molecule has 0 aromatic heterocycles. The molecule has 1 N–H and O–H groups in total. The summed E-state index contributed by atoms with van der Waals surface area (Å²) < 4.78 is 10.9. The van der Waals surface area contributed by atoms with Crippen LogP contribution < -0.4 is 10.1 Å². The summed E-state index contributed by atoms with van der Waals surface area (Å²) in [5.74, 6) is 2.48. The molecule has 0 unspecified atom stereocenters. The van der Waals surface area contributed by atoms with Crippen LogP contribution in [0.4, 0.5) is 0 Å². The van der Waals surface area contributed by atoms with Crippen LogP contribution in [0.25, 0.3) is 0 Å². The van der Waals surface area contributed by atoms with Gasteiger partial charge >= 0.3 is 5.97 Å². The molecule has 0 radical (unpaired) electrons. The van der Waals surface area contributed by atoms with Crippen molar-refractivity contribution in [1.29, 1.82) is 0 Å². The average molecular weight is 386 g/mol. The molecule has 5 nitrogen and oxygen atoms in total. The van der Waals surface area contributed by atoms with Gasteiger partial charge in [-0.05, 0) is 87.8 Å². The maximum Gasteiger partial charge on any atom is 0.310 e. The summed E-state index contributed by atoms with van der Waals surface area (Å²) in [6.45, 7) is 3.89. The molecule has 1 aromatic carbocycles. The number of benzene rings is 1. The Hall–Kier alpha value is -2.04. The van der Waals surface area contributed by atoms with Crippen molar-refractivity contribution in [3.63, 3.8) is 0 Å². The molecule has 1 atom stereocenters. The van der Waals surface area contributed by atoms with Crippen molar-refractivity contribution in [3.8, 4) is 5.75 Å². The summed E-state index contributed by atoms with van der Waals surface area (Å²) in [6, 6.07) is 7.69. The number of ether oxygens (including phenoxy) is 2. The molecule has 4 saturated carbocycles. The smallest absolute Gasteiger partial charge is 0.310 e. The first-order valence-electron chi connectivity index (χ1n) is 10.6. The molecule has 0 heterocycles. The minimum atomic E-state index is -0.764. The topological polar surface area (TPSA) is 64.6 Å². The molecule has 0 saturated heterocycles. The summed E-state index contributed by atoms with van der Waals surface area (Å²) in [5.41, 5.74) is 1.05. The Kier molecular flexibility index (Phi) is 5.35. The number of esters is 1. The van der Waals surface area contributed by atoms with Crippen molar-refractivity contribution in [2.45, 2.75) is 70.4 Å². The van der Waals surface area contributed by atoms with Crippen LogP contribution in [-0.4, -0.2) is 30.1 Å². The van der Waals surface area contributed by atoms with Crippen LogP contribution in [0, 0.1) is 24.7 Å². The highest BCUT2D eigenvalue weighted by molar-refractivity contribution is 5.84.